The van der Waals surface area contributed by atoms with Crippen LogP contribution in [0.2, 0.25) is 0 Å². The van der Waals surface area contributed by atoms with Crippen LogP contribution in [-0.2, 0) is 0 Å². The molecule has 3 aromatic rings. The fourth-order valence-electron chi connectivity index (χ4n) is 3.64. The third-order valence-electron chi connectivity index (χ3n) is 4.69. The highest BCUT2D eigenvalue weighted by Crippen LogP contribution is 2.42. The summed E-state index contributed by atoms with van der Waals surface area (Å²) in [5, 5.41) is 7.11. The van der Waals surface area contributed by atoms with E-state index >= 15 is 0 Å². The highest BCUT2D eigenvalue weighted by Gasteiger charge is 2.34. The number of nitrogens with zero attached hydrogens (tertiary/aromatic N) is 3. The van der Waals surface area contributed by atoms with Crippen LogP contribution in [0.3, 0.4) is 0 Å². The first kappa shape index (κ1) is 13.8. The molecule has 24 heavy (non-hydrogen) atoms. The molecule has 0 saturated heterocycles. The van der Waals surface area contributed by atoms with Gasteiger partial charge in [-0.3, -0.25) is 0 Å². The zero-order valence-electron chi connectivity index (χ0n) is 13.7. The summed E-state index contributed by atoms with van der Waals surface area (Å²) in [6.07, 6.45) is 0. The van der Waals surface area contributed by atoms with Crippen LogP contribution in [0.1, 0.15) is 15.3 Å². The van der Waals surface area contributed by atoms with E-state index < -0.39 is 0 Å². The van der Waals surface area contributed by atoms with Gasteiger partial charge in [0.1, 0.15) is 6.67 Å². The first-order valence-electron chi connectivity index (χ1n) is 8.12. The predicted molar refractivity (Wildman–Crippen MR) is 102 cm³/mol. The maximum absolute atomic E-state index is 4.98. The SMILES string of the molecule is Cc1cc(N2CN3C(=N2)c2ccccc2-c2ccccc23)c(C)s1. The summed E-state index contributed by atoms with van der Waals surface area (Å²) in [5.41, 5.74) is 6.22. The number of thiophene rings is 1. The summed E-state index contributed by atoms with van der Waals surface area (Å²) < 4.78 is 0. The molecule has 2 aliphatic heterocycles. The van der Waals surface area contributed by atoms with Crippen LogP contribution >= 0.6 is 11.3 Å². The smallest absolute Gasteiger partial charge is 0.163 e. The zero-order chi connectivity index (χ0) is 16.3. The van der Waals surface area contributed by atoms with E-state index in [1.165, 1.54) is 37.8 Å². The largest absolute Gasteiger partial charge is 0.304 e. The molecule has 0 aliphatic carbocycles. The molecule has 0 radical (unpaired) electrons. The van der Waals surface area contributed by atoms with Crippen LogP contribution in [0.15, 0.2) is 59.7 Å². The Morgan fingerprint density at radius 2 is 1.58 bits per heavy atom. The van der Waals surface area contributed by atoms with Gasteiger partial charge in [-0.2, -0.15) is 5.10 Å². The monoisotopic (exact) mass is 331 g/mol. The molecule has 0 unspecified atom stereocenters. The predicted octanol–water partition coefficient (Wildman–Crippen LogP) is 4.99. The van der Waals surface area contributed by atoms with Gasteiger partial charge in [0, 0.05) is 20.9 Å². The van der Waals surface area contributed by atoms with Crippen LogP contribution in [0, 0.1) is 13.8 Å². The van der Waals surface area contributed by atoms with Crippen molar-refractivity contribution < 1.29 is 0 Å². The average molecular weight is 331 g/mol. The van der Waals surface area contributed by atoms with Gasteiger partial charge in [-0.05, 0) is 31.5 Å². The van der Waals surface area contributed by atoms with E-state index in [9.17, 15) is 0 Å². The number of benzene rings is 2. The van der Waals surface area contributed by atoms with Crippen molar-refractivity contribution in [3.8, 4) is 11.1 Å². The van der Waals surface area contributed by atoms with Gasteiger partial charge >= 0.3 is 0 Å². The Bertz CT molecular complexity index is 986. The van der Waals surface area contributed by atoms with Crippen molar-refractivity contribution in [2.75, 3.05) is 16.6 Å². The molecular weight excluding hydrogens is 314 g/mol. The van der Waals surface area contributed by atoms with Gasteiger partial charge in [0.2, 0.25) is 0 Å². The first-order valence-corrected chi connectivity index (χ1v) is 8.93. The summed E-state index contributed by atoms with van der Waals surface area (Å²) in [4.78, 5) is 4.97. The molecule has 0 bridgehead atoms. The highest BCUT2D eigenvalue weighted by molar-refractivity contribution is 7.12. The van der Waals surface area contributed by atoms with Crippen molar-refractivity contribution in [1.82, 2.24) is 0 Å². The Labute approximate surface area is 145 Å². The molecule has 2 aromatic carbocycles. The molecule has 0 spiro atoms. The maximum Gasteiger partial charge on any atom is 0.163 e. The standard InChI is InChI=1S/C20H17N3S/c1-13-11-19(14(2)24-13)23-12-22-18-10-6-5-8-16(18)15-7-3-4-9-17(15)20(22)21-23/h3-11H,12H2,1-2H3. The second-order valence-electron chi connectivity index (χ2n) is 6.25. The summed E-state index contributed by atoms with van der Waals surface area (Å²) in [6, 6.07) is 19.4. The van der Waals surface area contributed by atoms with Crippen LogP contribution in [0.4, 0.5) is 11.4 Å². The Balaban J connectivity index is 1.70. The molecular formula is C20H17N3S. The van der Waals surface area contributed by atoms with Gasteiger partial charge in [-0.25, -0.2) is 5.01 Å². The second-order valence-corrected chi connectivity index (χ2v) is 7.71. The molecule has 3 nitrogen and oxygen atoms in total. The Morgan fingerprint density at radius 3 is 2.33 bits per heavy atom. The van der Waals surface area contributed by atoms with Gasteiger partial charge in [0.25, 0.3) is 0 Å². The number of anilines is 2. The van der Waals surface area contributed by atoms with Gasteiger partial charge < -0.3 is 4.90 Å². The lowest BCUT2D eigenvalue weighted by molar-refractivity contribution is 0.910. The summed E-state index contributed by atoms with van der Waals surface area (Å²) in [7, 11) is 0. The normalized spacial score (nSPS) is 15.0. The average Bonchev–Trinajstić information content (AvgIpc) is 3.18. The molecule has 0 N–H and O–H groups in total. The number of aryl methyl sites for hydroxylation is 2. The topological polar surface area (TPSA) is 18.8 Å². The second kappa shape index (κ2) is 4.95. The molecule has 0 saturated carbocycles. The number of hydrogen-bond donors (Lipinski definition) is 0. The zero-order valence-corrected chi connectivity index (χ0v) is 14.5. The van der Waals surface area contributed by atoms with E-state index in [0.717, 1.165) is 12.5 Å². The number of fused-ring (bicyclic) bond motifs is 6. The third-order valence-corrected chi connectivity index (χ3v) is 5.65. The summed E-state index contributed by atoms with van der Waals surface area (Å²) in [6.45, 7) is 5.09. The number of para-hydroxylation sites is 1. The van der Waals surface area contributed by atoms with Gasteiger partial charge in [0.05, 0.1) is 11.4 Å². The molecule has 4 heteroatoms. The quantitative estimate of drug-likeness (QED) is 0.625. The minimum atomic E-state index is 0.762. The molecule has 0 atom stereocenters. The first-order chi connectivity index (χ1) is 11.7. The van der Waals surface area contributed by atoms with Crippen LogP contribution in [0.25, 0.3) is 11.1 Å². The van der Waals surface area contributed by atoms with Crippen LogP contribution in [0.5, 0.6) is 0 Å². The molecule has 0 amide bonds. The Hall–Kier alpha value is -2.59. The summed E-state index contributed by atoms with van der Waals surface area (Å²) in [5.74, 6) is 1.05. The minimum Gasteiger partial charge on any atom is -0.304 e. The lowest BCUT2D eigenvalue weighted by atomic mass is 9.93. The van der Waals surface area contributed by atoms with E-state index in [-0.39, 0.29) is 0 Å². The number of hydrogen-bond acceptors (Lipinski definition) is 4. The van der Waals surface area contributed by atoms with Crippen LogP contribution in [-0.4, -0.2) is 12.5 Å². The lowest BCUT2D eigenvalue weighted by Gasteiger charge is -2.29. The number of rotatable bonds is 1. The van der Waals surface area contributed by atoms with Crippen molar-refractivity contribution in [1.29, 1.82) is 0 Å². The van der Waals surface area contributed by atoms with E-state index in [2.05, 4.69) is 78.4 Å². The number of amidine groups is 1. The Kier molecular flexibility index (Phi) is 2.85. The van der Waals surface area contributed by atoms with Crippen molar-refractivity contribution in [2.24, 2.45) is 5.10 Å². The molecule has 0 fully saturated rings. The minimum absolute atomic E-state index is 0.762. The van der Waals surface area contributed by atoms with Crippen molar-refractivity contribution in [2.45, 2.75) is 13.8 Å². The molecule has 5 rings (SSSR count). The molecule has 118 valence electrons. The van der Waals surface area contributed by atoms with E-state index in [0.29, 0.717) is 0 Å². The Morgan fingerprint density at radius 1 is 0.875 bits per heavy atom. The fourth-order valence-corrected chi connectivity index (χ4v) is 4.57. The van der Waals surface area contributed by atoms with Gasteiger partial charge in [-0.15, -0.1) is 11.3 Å². The van der Waals surface area contributed by atoms with E-state index in [1.807, 2.05) is 11.3 Å². The number of hydrazone groups is 1. The molecule has 2 aliphatic rings. The molecule has 3 heterocycles. The molecule has 1 aromatic heterocycles. The van der Waals surface area contributed by atoms with Crippen LogP contribution < -0.4 is 9.91 Å². The highest BCUT2D eigenvalue weighted by atomic mass is 32.1. The fraction of sp³-hybridized carbons (Fsp3) is 0.150. The van der Waals surface area contributed by atoms with E-state index in [4.69, 9.17) is 5.10 Å². The third kappa shape index (κ3) is 1.86. The summed E-state index contributed by atoms with van der Waals surface area (Å²) >= 11 is 1.83. The lowest BCUT2D eigenvalue weighted by Crippen LogP contribution is -2.34. The van der Waals surface area contributed by atoms with E-state index in [1.54, 1.807) is 0 Å². The van der Waals surface area contributed by atoms with Crippen molar-refractivity contribution >= 4 is 28.5 Å². The maximum atomic E-state index is 4.98. The van der Waals surface area contributed by atoms with Crippen molar-refractivity contribution in [3.05, 3.63) is 69.9 Å². The van der Waals surface area contributed by atoms with Crippen molar-refractivity contribution in [3.63, 3.8) is 0 Å². The van der Waals surface area contributed by atoms with Gasteiger partial charge in [-0.1, -0.05) is 42.5 Å². The van der Waals surface area contributed by atoms with Gasteiger partial charge in [0.15, 0.2) is 5.84 Å².